The minimum absolute atomic E-state index is 0.0838. The average Bonchev–Trinajstić information content (AvgIpc) is 3.86. The van der Waals surface area contributed by atoms with Crippen LogP contribution in [0, 0.1) is 5.82 Å². The molecule has 0 spiro atoms. The van der Waals surface area contributed by atoms with Crippen LogP contribution < -0.4 is 9.44 Å². The third-order valence-corrected chi connectivity index (χ3v) is 13.5. The molecule has 264 valence electrons. The summed E-state index contributed by atoms with van der Waals surface area (Å²) in [7, 11) is -8.13. The third kappa shape index (κ3) is 7.82. The van der Waals surface area contributed by atoms with Crippen molar-refractivity contribution in [1.82, 2.24) is 14.3 Å². The van der Waals surface area contributed by atoms with Crippen molar-refractivity contribution in [3.8, 4) is 0 Å². The average molecular weight is 755 g/mol. The smallest absolute Gasteiger partial charge is 0.253 e. The highest BCUT2D eigenvalue weighted by molar-refractivity contribution is 7.91. The Morgan fingerprint density at radius 2 is 1.65 bits per heavy atom. The summed E-state index contributed by atoms with van der Waals surface area (Å²) in [5.74, 6) is -2.19. The van der Waals surface area contributed by atoms with Crippen LogP contribution in [0.1, 0.15) is 75.3 Å². The fraction of sp³-hybridized carbons (Fsp3) is 0.412. The van der Waals surface area contributed by atoms with Crippen LogP contribution in [0.25, 0.3) is 0 Å². The Bertz CT molecular complexity index is 1920. The van der Waals surface area contributed by atoms with E-state index in [0.29, 0.717) is 21.2 Å². The lowest BCUT2D eigenvalue weighted by molar-refractivity contribution is -0.181. The molecule has 1 heterocycles. The third-order valence-electron chi connectivity index (χ3n) is 9.02. The Morgan fingerprint density at radius 3 is 2.24 bits per heavy atom. The highest BCUT2D eigenvalue weighted by Gasteiger charge is 2.57. The van der Waals surface area contributed by atoms with Crippen molar-refractivity contribution < 1.29 is 35.6 Å². The monoisotopic (exact) mass is 753 g/mol. The van der Waals surface area contributed by atoms with Crippen molar-refractivity contribution in [2.24, 2.45) is 0 Å². The first-order valence-electron chi connectivity index (χ1n) is 15.9. The quantitative estimate of drug-likeness (QED) is 0.226. The second-order valence-corrected chi connectivity index (χ2v) is 17.7. The Hall–Kier alpha value is -3.07. The van der Waals surface area contributed by atoms with Gasteiger partial charge in [-0.2, -0.15) is 0 Å². The molecule has 0 bridgehead atoms. The molecule has 4 atom stereocenters. The number of nitrogens with zero attached hydrogens (tertiary/aromatic N) is 1. The van der Waals surface area contributed by atoms with Gasteiger partial charge in [-0.15, -0.1) is 0 Å². The predicted molar refractivity (Wildman–Crippen MR) is 185 cm³/mol. The van der Waals surface area contributed by atoms with Crippen LogP contribution in [0.2, 0.25) is 10.0 Å². The minimum atomic E-state index is -4.13. The number of halogens is 3. The van der Waals surface area contributed by atoms with E-state index in [1.54, 1.807) is 61.5 Å². The van der Waals surface area contributed by atoms with Crippen LogP contribution >= 0.6 is 23.2 Å². The molecular formula is C34H38Cl2FN3O7S2. The molecular weight excluding hydrogens is 716 g/mol. The van der Waals surface area contributed by atoms with Crippen molar-refractivity contribution in [2.75, 3.05) is 6.54 Å². The highest BCUT2D eigenvalue weighted by Crippen LogP contribution is 2.53. The van der Waals surface area contributed by atoms with E-state index in [1.807, 2.05) is 4.72 Å². The summed E-state index contributed by atoms with van der Waals surface area (Å²) in [6.07, 6.45) is -2.24. The molecule has 3 aromatic rings. The van der Waals surface area contributed by atoms with E-state index in [2.05, 4.69) is 4.72 Å². The lowest BCUT2D eigenvalue weighted by Gasteiger charge is -2.48. The number of sulfonamides is 2. The molecule has 1 aliphatic carbocycles. The van der Waals surface area contributed by atoms with Gasteiger partial charge in [0.1, 0.15) is 22.8 Å². The van der Waals surface area contributed by atoms with E-state index in [9.17, 15) is 30.8 Å². The fourth-order valence-corrected chi connectivity index (χ4v) is 8.88. The van der Waals surface area contributed by atoms with E-state index < -0.39 is 78.4 Å². The van der Waals surface area contributed by atoms with Gasteiger partial charge in [0.05, 0.1) is 17.7 Å². The number of benzene rings is 3. The van der Waals surface area contributed by atoms with Gasteiger partial charge in [-0.05, 0) is 74.6 Å². The molecule has 15 heteroatoms. The second-order valence-electron chi connectivity index (χ2n) is 12.6. The van der Waals surface area contributed by atoms with E-state index >= 15 is 0 Å². The summed E-state index contributed by atoms with van der Waals surface area (Å²) in [6.45, 7) is 4.39. The van der Waals surface area contributed by atoms with Gasteiger partial charge < -0.3 is 9.64 Å². The molecule has 5 rings (SSSR count). The Kier molecular flexibility index (Phi) is 11.1. The van der Waals surface area contributed by atoms with Gasteiger partial charge in [0, 0.05) is 28.2 Å². The normalized spacial score (nSPS) is 21.4. The minimum Gasteiger partial charge on any atom is -0.357 e. The van der Waals surface area contributed by atoms with Crippen LogP contribution in [-0.4, -0.2) is 57.5 Å². The first-order chi connectivity index (χ1) is 23.1. The van der Waals surface area contributed by atoms with Gasteiger partial charge in [-0.25, -0.2) is 25.9 Å². The Morgan fingerprint density at radius 1 is 0.980 bits per heavy atom. The van der Waals surface area contributed by atoms with E-state index in [-0.39, 0.29) is 31.4 Å². The first kappa shape index (κ1) is 37.2. The van der Waals surface area contributed by atoms with Crippen molar-refractivity contribution in [2.45, 2.75) is 80.7 Å². The van der Waals surface area contributed by atoms with Gasteiger partial charge in [0.15, 0.2) is 0 Å². The maximum atomic E-state index is 14.8. The molecule has 1 aliphatic heterocycles. The van der Waals surface area contributed by atoms with Crippen molar-refractivity contribution in [1.29, 1.82) is 0 Å². The van der Waals surface area contributed by atoms with Crippen LogP contribution in [-0.2, 0) is 39.1 Å². The predicted octanol–water partition coefficient (Wildman–Crippen LogP) is 5.77. The number of rotatable bonds is 13. The summed E-state index contributed by atoms with van der Waals surface area (Å²) in [5.41, 5.74) is 1.26. The molecule has 3 aromatic carbocycles. The number of hydrogen-bond donors (Lipinski definition) is 2. The maximum Gasteiger partial charge on any atom is 0.253 e. The van der Waals surface area contributed by atoms with Crippen molar-refractivity contribution in [3.63, 3.8) is 0 Å². The van der Waals surface area contributed by atoms with Crippen LogP contribution in [0.15, 0.2) is 72.8 Å². The molecule has 49 heavy (non-hydrogen) atoms. The first-order valence-corrected chi connectivity index (χ1v) is 19.7. The molecule has 0 aromatic heterocycles. The molecule has 2 aliphatic rings. The van der Waals surface area contributed by atoms with E-state index in [4.69, 9.17) is 27.9 Å². The molecule has 0 radical (unpaired) electrons. The number of amides is 2. The maximum absolute atomic E-state index is 14.8. The Labute approximate surface area is 296 Å². The summed E-state index contributed by atoms with van der Waals surface area (Å²) in [4.78, 5) is 29.0. The molecule has 10 nitrogen and oxygen atoms in total. The van der Waals surface area contributed by atoms with Gasteiger partial charge in [0.2, 0.25) is 26.0 Å². The van der Waals surface area contributed by atoms with Crippen LogP contribution in [0.5, 0.6) is 0 Å². The zero-order chi connectivity index (χ0) is 35.7. The van der Waals surface area contributed by atoms with E-state index in [1.165, 1.54) is 36.9 Å². The molecule has 2 amide bonds. The number of morpholine rings is 1. The number of carbonyl (C=O) groups is 2. The lowest BCUT2D eigenvalue weighted by Crippen LogP contribution is -2.58. The molecule has 2 fully saturated rings. The lowest BCUT2D eigenvalue weighted by atomic mass is 9.89. The number of carbonyl (C=O) groups excluding carboxylic acids is 2. The number of nitrogens with one attached hydrogen (secondary N) is 2. The van der Waals surface area contributed by atoms with Gasteiger partial charge in [-0.1, -0.05) is 72.6 Å². The zero-order valence-electron chi connectivity index (χ0n) is 27.1. The van der Waals surface area contributed by atoms with Gasteiger partial charge in [-0.3, -0.25) is 14.3 Å². The van der Waals surface area contributed by atoms with Gasteiger partial charge in [0.25, 0.3) is 5.91 Å². The number of hydrogen-bond acceptors (Lipinski definition) is 7. The highest BCUT2D eigenvalue weighted by atomic mass is 35.5. The SMILES string of the molecule is CC[C@@H](CNS(=O)(=O)C1(c2ccccc2F)CC1)N1C(=O)[C@H](CC(=O)NS(=O)(=O)C(C)C)O[C@H](c2cccc(Cl)c2)[C@H]1c1ccc(Cl)cc1. The van der Waals surface area contributed by atoms with Crippen molar-refractivity contribution >= 4 is 55.1 Å². The second kappa shape index (κ2) is 14.7. The summed E-state index contributed by atoms with van der Waals surface area (Å²) in [5, 5.41) is -0.0679. The molecule has 1 saturated carbocycles. The largest absolute Gasteiger partial charge is 0.357 e. The molecule has 2 N–H and O–H groups in total. The Balaban J connectivity index is 1.54. The van der Waals surface area contributed by atoms with Crippen molar-refractivity contribution in [3.05, 3.63) is 105 Å². The number of ether oxygens (including phenoxy) is 1. The summed E-state index contributed by atoms with van der Waals surface area (Å²) in [6, 6.07) is 17.7. The zero-order valence-corrected chi connectivity index (χ0v) is 30.3. The summed E-state index contributed by atoms with van der Waals surface area (Å²) < 4.78 is 77.0. The molecule has 0 unspecified atom stereocenters. The molecule has 1 saturated heterocycles. The van der Waals surface area contributed by atoms with Crippen LogP contribution in [0.3, 0.4) is 0 Å². The van der Waals surface area contributed by atoms with Crippen LogP contribution in [0.4, 0.5) is 4.39 Å². The van der Waals surface area contributed by atoms with Gasteiger partial charge >= 0.3 is 0 Å². The topological polar surface area (TPSA) is 139 Å². The standard InChI is InChI=1S/C34H38Cl2FN3O7S2/c1-4-26(20-38-49(45,46)34(16-17-34)27-10-5-6-11-28(27)37)40-31(22-12-14-24(35)15-13-22)32(23-8-7-9-25(36)18-23)47-29(33(40)42)19-30(41)39-48(43,44)21(2)3/h5-15,18,21,26,29,31-32,38H,4,16-17,19-20H2,1-3H3,(H,39,41)/t26-,29-,31+,32+/m0/s1. The summed E-state index contributed by atoms with van der Waals surface area (Å²) >= 11 is 12.6. The fourth-order valence-electron chi connectivity index (χ4n) is 6.14. The van der Waals surface area contributed by atoms with E-state index in [0.717, 1.165) is 0 Å².